The summed E-state index contributed by atoms with van der Waals surface area (Å²) in [6.07, 6.45) is 14.3. The highest BCUT2D eigenvalue weighted by atomic mass is 16.5. The summed E-state index contributed by atoms with van der Waals surface area (Å²) in [5.41, 5.74) is 1.51. The molecule has 0 radical (unpaired) electrons. The van der Waals surface area contributed by atoms with Crippen LogP contribution in [-0.4, -0.2) is 12.6 Å². The predicted molar refractivity (Wildman–Crippen MR) is 124 cm³/mol. The molecule has 0 aliphatic carbocycles. The van der Waals surface area contributed by atoms with E-state index < -0.39 is 5.97 Å². The summed E-state index contributed by atoms with van der Waals surface area (Å²) >= 11 is 0. The number of hydrogen-bond acceptors (Lipinski definition) is 3. The normalized spacial score (nSPS) is 10.6. The van der Waals surface area contributed by atoms with E-state index in [1.54, 1.807) is 18.2 Å². The largest absolute Gasteiger partial charge is 0.489 e. The van der Waals surface area contributed by atoms with Gasteiger partial charge in [-0.05, 0) is 36.6 Å². The van der Waals surface area contributed by atoms with E-state index in [0.29, 0.717) is 23.7 Å². The maximum absolute atomic E-state index is 12.7. The van der Waals surface area contributed by atoms with Crippen molar-refractivity contribution >= 4 is 5.97 Å². The van der Waals surface area contributed by atoms with Crippen LogP contribution >= 0.6 is 0 Å². The highest BCUT2D eigenvalue weighted by Gasteiger charge is 2.16. The van der Waals surface area contributed by atoms with Gasteiger partial charge in [-0.25, -0.2) is 4.79 Å². The van der Waals surface area contributed by atoms with Crippen LogP contribution in [0.3, 0.4) is 0 Å². The number of benzene rings is 2. The van der Waals surface area contributed by atoms with Crippen LogP contribution in [0.5, 0.6) is 11.5 Å². The van der Waals surface area contributed by atoms with E-state index in [9.17, 15) is 4.79 Å². The maximum atomic E-state index is 12.7. The van der Waals surface area contributed by atoms with Crippen LogP contribution in [0.1, 0.15) is 80.6 Å². The number of rotatable bonds is 15. The van der Waals surface area contributed by atoms with Gasteiger partial charge in [0, 0.05) is 0 Å². The molecule has 2 aromatic carbocycles. The van der Waals surface area contributed by atoms with Gasteiger partial charge in [0.2, 0.25) is 0 Å². The third-order valence-corrected chi connectivity index (χ3v) is 5.19. The van der Waals surface area contributed by atoms with E-state index in [1.807, 2.05) is 36.4 Å². The molecule has 0 heterocycles. The van der Waals surface area contributed by atoms with Gasteiger partial charge in [0.05, 0.1) is 0 Å². The van der Waals surface area contributed by atoms with Crippen molar-refractivity contribution in [2.24, 2.45) is 0 Å². The Kier molecular flexibility index (Phi) is 11.4. The second-order valence-electron chi connectivity index (χ2n) is 7.67. The lowest BCUT2D eigenvalue weighted by Gasteiger charge is -2.12. The van der Waals surface area contributed by atoms with Crippen LogP contribution in [-0.2, 0) is 6.42 Å². The summed E-state index contributed by atoms with van der Waals surface area (Å²) in [4.78, 5) is 12.7. The average molecular weight is 409 g/mol. The van der Waals surface area contributed by atoms with Crippen molar-refractivity contribution in [2.45, 2.75) is 71.1 Å². The Balaban J connectivity index is 1.84. The Hall–Kier alpha value is -2.55. The topological polar surface area (TPSA) is 35.5 Å². The molecular weight excluding hydrogens is 372 g/mol. The highest BCUT2D eigenvalue weighted by Crippen LogP contribution is 2.25. The molecule has 2 aromatic rings. The van der Waals surface area contributed by atoms with Gasteiger partial charge in [-0.1, -0.05) is 101 Å². The van der Waals surface area contributed by atoms with Crippen LogP contribution in [0.2, 0.25) is 0 Å². The molecule has 0 bridgehead atoms. The number of esters is 1. The molecule has 0 saturated heterocycles. The van der Waals surface area contributed by atoms with Crippen LogP contribution < -0.4 is 9.47 Å². The lowest BCUT2D eigenvalue weighted by Crippen LogP contribution is -2.12. The summed E-state index contributed by atoms with van der Waals surface area (Å²) in [5, 5.41) is 0. The smallest absolute Gasteiger partial charge is 0.347 e. The molecule has 3 heteroatoms. The zero-order chi connectivity index (χ0) is 21.4. The van der Waals surface area contributed by atoms with Gasteiger partial charge in [-0.15, -0.1) is 0 Å². The van der Waals surface area contributed by atoms with E-state index in [4.69, 9.17) is 9.47 Å². The van der Waals surface area contributed by atoms with Crippen LogP contribution in [0.4, 0.5) is 0 Å². The SMILES string of the molecule is C=CCOc1ccccc1C(=O)Oc1ccccc1CCCCCCCCCCC. The first-order chi connectivity index (χ1) is 14.8. The Morgan fingerprint density at radius 1 is 0.833 bits per heavy atom. The molecule has 0 amide bonds. The van der Waals surface area contributed by atoms with Gasteiger partial charge in [0.15, 0.2) is 0 Å². The molecule has 0 aliphatic rings. The van der Waals surface area contributed by atoms with Crippen molar-refractivity contribution in [1.29, 1.82) is 0 Å². The van der Waals surface area contributed by atoms with Crippen LogP contribution in [0.25, 0.3) is 0 Å². The van der Waals surface area contributed by atoms with Crippen molar-refractivity contribution in [2.75, 3.05) is 6.61 Å². The Morgan fingerprint density at radius 2 is 1.43 bits per heavy atom. The fourth-order valence-electron chi connectivity index (χ4n) is 3.50. The third kappa shape index (κ3) is 8.44. The van der Waals surface area contributed by atoms with Gasteiger partial charge in [-0.3, -0.25) is 0 Å². The summed E-state index contributed by atoms with van der Waals surface area (Å²) in [7, 11) is 0. The monoisotopic (exact) mass is 408 g/mol. The second kappa shape index (κ2) is 14.4. The zero-order valence-corrected chi connectivity index (χ0v) is 18.4. The fraction of sp³-hybridized carbons (Fsp3) is 0.444. The lowest BCUT2D eigenvalue weighted by atomic mass is 10.0. The van der Waals surface area contributed by atoms with E-state index in [2.05, 4.69) is 13.5 Å². The molecule has 2 rings (SSSR count). The number of carbonyl (C=O) groups is 1. The number of unbranched alkanes of at least 4 members (excludes halogenated alkanes) is 8. The molecule has 30 heavy (non-hydrogen) atoms. The molecule has 0 spiro atoms. The molecule has 162 valence electrons. The number of aryl methyl sites for hydroxylation is 1. The van der Waals surface area contributed by atoms with Gasteiger partial charge < -0.3 is 9.47 Å². The molecule has 3 nitrogen and oxygen atoms in total. The molecule has 0 aliphatic heterocycles. The molecule has 0 saturated carbocycles. The number of carbonyl (C=O) groups excluding carboxylic acids is 1. The molecule has 0 fully saturated rings. The molecular formula is C27H36O3. The van der Waals surface area contributed by atoms with Gasteiger partial charge in [-0.2, -0.15) is 0 Å². The first-order valence-corrected chi connectivity index (χ1v) is 11.4. The first kappa shape index (κ1) is 23.7. The van der Waals surface area contributed by atoms with Crippen LogP contribution in [0, 0.1) is 0 Å². The minimum Gasteiger partial charge on any atom is -0.489 e. The van der Waals surface area contributed by atoms with E-state index in [0.717, 1.165) is 18.4 Å². The lowest BCUT2D eigenvalue weighted by molar-refractivity contribution is 0.0729. The quantitative estimate of drug-likeness (QED) is 0.132. The van der Waals surface area contributed by atoms with Gasteiger partial charge >= 0.3 is 5.97 Å². The van der Waals surface area contributed by atoms with E-state index in [-0.39, 0.29) is 0 Å². The molecule has 0 aromatic heterocycles. The number of hydrogen-bond donors (Lipinski definition) is 0. The van der Waals surface area contributed by atoms with E-state index >= 15 is 0 Å². The fourth-order valence-corrected chi connectivity index (χ4v) is 3.50. The average Bonchev–Trinajstić information content (AvgIpc) is 2.77. The Bertz CT molecular complexity index is 766. The zero-order valence-electron chi connectivity index (χ0n) is 18.4. The number of ether oxygens (including phenoxy) is 2. The van der Waals surface area contributed by atoms with Crippen LogP contribution in [0.15, 0.2) is 61.2 Å². The number of para-hydroxylation sites is 2. The molecule has 0 N–H and O–H groups in total. The maximum Gasteiger partial charge on any atom is 0.347 e. The summed E-state index contributed by atoms with van der Waals surface area (Å²) in [6, 6.07) is 15.0. The highest BCUT2D eigenvalue weighted by molar-refractivity contribution is 5.94. The minimum atomic E-state index is -0.394. The third-order valence-electron chi connectivity index (χ3n) is 5.19. The van der Waals surface area contributed by atoms with Crippen molar-refractivity contribution in [1.82, 2.24) is 0 Å². The Labute approximate surface area is 182 Å². The van der Waals surface area contributed by atoms with Gasteiger partial charge in [0.1, 0.15) is 23.7 Å². The van der Waals surface area contributed by atoms with Crippen molar-refractivity contribution in [3.63, 3.8) is 0 Å². The second-order valence-corrected chi connectivity index (χ2v) is 7.67. The van der Waals surface area contributed by atoms with E-state index in [1.165, 1.54) is 51.4 Å². The van der Waals surface area contributed by atoms with Crippen molar-refractivity contribution in [3.05, 3.63) is 72.3 Å². The molecule has 0 atom stereocenters. The molecule has 0 unspecified atom stereocenters. The Morgan fingerprint density at radius 3 is 2.13 bits per heavy atom. The standard InChI is InChI=1S/C27H36O3/c1-3-5-6-7-8-9-10-11-12-17-23-18-13-15-20-25(23)30-27(28)24-19-14-16-21-26(24)29-22-4-2/h4,13-16,18-21H,2-3,5-12,17,22H2,1H3. The summed E-state index contributed by atoms with van der Waals surface area (Å²) < 4.78 is 11.3. The van der Waals surface area contributed by atoms with Gasteiger partial charge in [0.25, 0.3) is 0 Å². The predicted octanol–water partition coefficient (Wildman–Crippen LogP) is 7.54. The summed E-state index contributed by atoms with van der Waals surface area (Å²) in [6.45, 7) is 6.25. The summed E-state index contributed by atoms with van der Waals surface area (Å²) in [5.74, 6) is 0.758. The van der Waals surface area contributed by atoms with Crippen molar-refractivity contribution in [3.8, 4) is 11.5 Å². The minimum absolute atomic E-state index is 0.347. The van der Waals surface area contributed by atoms with Crippen molar-refractivity contribution < 1.29 is 14.3 Å². The first-order valence-electron chi connectivity index (χ1n) is 11.4.